The van der Waals surface area contributed by atoms with E-state index in [1.807, 2.05) is 4.90 Å². The lowest BCUT2D eigenvalue weighted by Gasteiger charge is -2.56. The standard InChI is InChI=1S/C37H60F3N3O8/c1-28(37(38,39)40)20-29(2)43-27-42(35(3,4)34(43)45)8-5-6-33(44)41-7-9-46-10-11-47-12-13-48-14-15-49-16-17-50-18-19-51-36-24-30-21-31(25-36)23-32(22-30)26-36/h20,30-32H,2,5-19,21-27H2,1,3-4H3,(H,41,44). The third-order valence-electron chi connectivity index (χ3n) is 10.6. The van der Waals surface area contributed by atoms with Crippen molar-refractivity contribution in [1.29, 1.82) is 0 Å². The molecule has 5 rings (SSSR count). The van der Waals surface area contributed by atoms with Gasteiger partial charge in [-0.2, -0.15) is 13.2 Å². The quantitative estimate of drug-likeness (QED) is 0.104. The lowest BCUT2D eigenvalue weighted by Crippen LogP contribution is -2.52. The van der Waals surface area contributed by atoms with Crippen LogP contribution in [0.1, 0.15) is 72.1 Å². The number of amides is 2. The highest BCUT2D eigenvalue weighted by Gasteiger charge is 2.51. The number of carbonyl (C=O) groups is 2. The Morgan fingerprint density at radius 1 is 0.843 bits per heavy atom. The molecule has 11 nitrogen and oxygen atoms in total. The molecule has 292 valence electrons. The van der Waals surface area contributed by atoms with Gasteiger partial charge in [-0.25, -0.2) is 0 Å². The topological polar surface area (TPSA) is 108 Å². The van der Waals surface area contributed by atoms with Crippen LogP contribution in [0.5, 0.6) is 0 Å². The number of carbonyl (C=O) groups excluding carboxylic acids is 2. The van der Waals surface area contributed by atoms with Crippen LogP contribution in [0, 0.1) is 17.8 Å². The number of halogens is 3. The fraction of sp³-hybridized carbons (Fsp3) is 0.838. The highest BCUT2D eigenvalue weighted by molar-refractivity contribution is 5.89. The second-order valence-electron chi connectivity index (χ2n) is 15.0. The minimum Gasteiger partial charge on any atom is -0.377 e. The van der Waals surface area contributed by atoms with Crippen LogP contribution in [0.2, 0.25) is 0 Å². The fourth-order valence-corrected chi connectivity index (χ4v) is 8.15. The molecule has 0 spiro atoms. The fourth-order valence-electron chi connectivity index (χ4n) is 8.15. The van der Waals surface area contributed by atoms with Gasteiger partial charge in [0.15, 0.2) is 0 Å². The zero-order chi connectivity index (χ0) is 36.9. The Hall–Kier alpha value is -2.07. The number of ether oxygens (including phenoxy) is 6. The molecule has 1 saturated heterocycles. The first-order valence-electron chi connectivity index (χ1n) is 18.6. The van der Waals surface area contributed by atoms with Crippen molar-refractivity contribution in [2.75, 3.05) is 92.4 Å². The number of allylic oxidation sites excluding steroid dienone is 2. The third-order valence-corrected chi connectivity index (χ3v) is 10.6. The summed E-state index contributed by atoms with van der Waals surface area (Å²) in [7, 11) is 0. The van der Waals surface area contributed by atoms with Crippen LogP contribution < -0.4 is 5.32 Å². The first-order valence-corrected chi connectivity index (χ1v) is 18.6. The van der Waals surface area contributed by atoms with Gasteiger partial charge in [-0.1, -0.05) is 6.58 Å². The monoisotopic (exact) mass is 731 g/mol. The molecule has 0 atom stereocenters. The number of nitrogens with one attached hydrogen (secondary N) is 1. The SMILES string of the molecule is C=C(C=C(C)C(F)(F)F)N1CN(CCCC(=O)NCCOCCOCCOCCOCCOCCOC23CC4CC(CC(C4)C2)C3)C(C)(C)C1=O. The number of nitrogens with zero attached hydrogens (tertiary/aromatic N) is 2. The maximum atomic E-state index is 12.9. The highest BCUT2D eigenvalue weighted by atomic mass is 19.4. The van der Waals surface area contributed by atoms with E-state index >= 15 is 0 Å². The smallest absolute Gasteiger partial charge is 0.377 e. The predicted molar refractivity (Wildman–Crippen MR) is 185 cm³/mol. The second-order valence-corrected chi connectivity index (χ2v) is 15.0. The van der Waals surface area contributed by atoms with Crippen LogP contribution in [-0.2, 0) is 38.0 Å². The second kappa shape index (κ2) is 19.8. The van der Waals surface area contributed by atoms with Crippen molar-refractivity contribution in [3.8, 4) is 0 Å². The maximum Gasteiger partial charge on any atom is 0.412 e. The largest absolute Gasteiger partial charge is 0.412 e. The van der Waals surface area contributed by atoms with Crippen molar-refractivity contribution < 1.29 is 51.2 Å². The molecular weight excluding hydrogens is 671 g/mol. The molecule has 0 aromatic carbocycles. The molecule has 51 heavy (non-hydrogen) atoms. The van der Waals surface area contributed by atoms with E-state index in [0.717, 1.165) is 30.8 Å². The molecule has 5 fully saturated rings. The van der Waals surface area contributed by atoms with Gasteiger partial charge in [-0.05, 0) is 89.5 Å². The van der Waals surface area contributed by atoms with E-state index < -0.39 is 17.3 Å². The summed E-state index contributed by atoms with van der Waals surface area (Å²) in [6.07, 6.45) is 5.13. The summed E-state index contributed by atoms with van der Waals surface area (Å²) in [4.78, 5) is 28.2. The van der Waals surface area contributed by atoms with Gasteiger partial charge in [0.25, 0.3) is 0 Å². The predicted octanol–water partition coefficient (Wildman–Crippen LogP) is 4.85. The molecular formula is C37H60F3N3O8. The molecule has 1 heterocycles. The zero-order valence-electron chi connectivity index (χ0n) is 30.9. The number of rotatable bonds is 25. The normalized spacial score (nSPS) is 26.0. The number of alkyl halides is 3. The van der Waals surface area contributed by atoms with Crippen molar-refractivity contribution in [2.45, 2.75) is 89.5 Å². The van der Waals surface area contributed by atoms with Crippen molar-refractivity contribution in [3.05, 3.63) is 23.9 Å². The minimum absolute atomic E-state index is 0.0113. The Labute approximate surface area is 301 Å². The van der Waals surface area contributed by atoms with Gasteiger partial charge in [-0.3, -0.25) is 19.4 Å². The van der Waals surface area contributed by atoms with Crippen LogP contribution in [0.15, 0.2) is 23.9 Å². The van der Waals surface area contributed by atoms with E-state index in [1.54, 1.807) is 13.8 Å². The van der Waals surface area contributed by atoms with E-state index in [4.69, 9.17) is 28.4 Å². The Morgan fingerprint density at radius 2 is 1.31 bits per heavy atom. The van der Waals surface area contributed by atoms with Gasteiger partial charge < -0.3 is 33.7 Å². The highest BCUT2D eigenvalue weighted by Crippen LogP contribution is 2.57. The van der Waals surface area contributed by atoms with Gasteiger partial charge in [0, 0.05) is 30.8 Å². The molecule has 0 aromatic heterocycles. The van der Waals surface area contributed by atoms with E-state index in [-0.39, 0.29) is 36.2 Å². The maximum absolute atomic E-state index is 12.9. The Kier molecular flexibility index (Phi) is 16.2. The van der Waals surface area contributed by atoms with Gasteiger partial charge in [-0.15, -0.1) is 0 Å². The van der Waals surface area contributed by atoms with Crippen LogP contribution in [0.3, 0.4) is 0 Å². The lowest BCUT2D eigenvalue weighted by atomic mass is 9.54. The first-order chi connectivity index (χ1) is 24.3. The molecule has 4 aliphatic carbocycles. The third kappa shape index (κ3) is 13.1. The average molecular weight is 732 g/mol. The molecule has 0 aromatic rings. The number of hydrogen-bond donors (Lipinski definition) is 1. The molecule has 0 unspecified atom stereocenters. The van der Waals surface area contributed by atoms with Crippen molar-refractivity contribution in [1.82, 2.24) is 15.1 Å². The Balaban J connectivity index is 0.883. The van der Waals surface area contributed by atoms with E-state index in [9.17, 15) is 22.8 Å². The van der Waals surface area contributed by atoms with Crippen molar-refractivity contribution in [3.63, 3.8) is 0 Å². The molecule has 2 amide bonds. The summed E-state index contributed by atoms with van der Waals surface area (Å²) in [5, 5.41) is 2.80. The summed E-state index contributed by atoms with van der Waals surface area (Å²) in [6.45, 7) is 14.3. The summed E-state index contributed by atoms with van der Waals surface area (Å²) >= 11 is 0. The zero-order valence-corrected chi connectivity index (χ0v) is 30.9. The van der Waals surface area contributed by atoms with Gasteiger partial charge in [0.05, 0.1) is 90.5 Å². The molecule has 0 radical (unpaired) electrons. The lowest BCUT2D eigenvalue weighted by molar-refractivity contribution is -0.169. The van der Waals surface area contributed by atoms with Crippen LogP contribution in [0.25, 0.3) is 0 Å². The summed E-state index contributed by atoms with van der Waals surface area (Å²) in [5.41, 5.74) is -1.62. The molecule has 1 aliphatic heterocycles. The average Bonchev–Trinajstić information content (AvgIpc) is 3.28. The van der Waals surface area contributed by atoms with Crippen molar-refractivity contribution >= 4 is 11.8 Å². The molecule has 4 saturated carbocycles. The molecule has 4 bridgehead atoms. The Bertz CT molecular complexity index is 1130. The Morgan fingerprint density at radius 3 is 1.80 bits per heavy atom. The van der Waals surface area contributed by atoms with Crippen LogP contribution >= 0.6 is 0 Å². The van der Waals surface area contributed by atoms with Gasteiger partial charge in [0.2, 0.25) is 11.8 Å². The molecule has 14 heteroatoms. The summed E-state index contributed by atoms with van der Waals surface area (Å²) in [6, 6.07) is 0. The minimum atomic E-state index is -4.49. The molecule has 1 N–H and O–H groups in total. The first kappa shape index (κ1) is 41.7. The van der Waals surface area contributed by atoms with Crippen LogP contribution in [0.4, 0.5) is 13.2 Å². The van der Waals surface area contributed by atoms with Gasteiger partial charge >= 0.3 is 6.18 Å². The van der Waals surface area contributed by atoms with Gasteiger partial charge in [0.1, 0.15) is 0 Å². The summed E-state index contributed by atoms with van der Waals surface area (Å²) < 4.78 is 72.9. The molecule has 5 aliphatic rings. The van der Waals surface area contributed by atoms with Crippen LogP contribution in [-0.4, -0.2) is 131 Å². The van der Waals surface area contributed by atoms with E-state index in [2.05, 4.69) is 11.9 Å². The summed E-state index contributed by atoms with van der Waals surface area (Å²) in [5.74, 6) is 2.20. The van der Waals surface area contributed by atoms with Crippen molar-refractivity contribution in [2.24, 2.45) is 17.8 Å². The number of hydrogen-bond acceptors (Lipinski definition) is 9. The van der Waals surface area contributed by atoms with E-state index in [1.165, 1.54) is 43.4 Å². The van der Waals surface area contributed by atoms with E-state index in [0.29, 0.717) is 92.2 Å².